The average molecular weight is 262 g/mol. The smallest absolute Gasteiger partial charge is 0.148 e. The van der Waals surface area contributed by atoms with Crippen molar-refractivity contribution in [3.63, 3.8) is 0 Å². The van der Waals surface area contributed by atoms with Gasteiger partial charge in [0.1, 0.15) is 17.4 Å². The van der Waals surface area contributed by atoms with Crippen LogP contribution >= 0.6 is 15.9 Å². The lowest BCUT2D eigenvalue weighted by molar-refractivity contribution is 0.400. The van der Waals surface area contributed by atoms with E-state index in [-0.39, 0.29) is 22.2 Å². The lowest BCUT2D eigenvalue weighted by atomic mass is 10.1. The van der Waals surface area contributed by atoms with E-state index in [1.54, 1.807) is 6.07 Å². The fourth-order valence-electron chi connectivity index (χ4n) is 1.04. The Labute approximate surface area is 88.2 Å². The normalized spacial score (nSPS) is 9.64. The largest absolute Gasteiger partial charge is 0.496 e. The maximum atomic E-state index is 13.4. The number of ether oxygens (including phenoxy) is 1. The minimum Gasteiger partial charge on any atom is -0.496 e. The van der Waals surface area contributed by atoms with Crippen molar-refractivity contribution in [1.29, 1.82) is 5.26 Å². The van der Waals surface area contributed by atoms with E-state index in [1.165, 1.54) is 7.11 Å². The van der Waals surface area contributed by atoms with Gasteiger partial charge in [-0.05, 0) is 15.9 Å². The van der Waals surface area contributed by atoms with Gasteiger partial charge in [0.05, 0.1) is 24.1 Å². The summed E-state index contributed by atoms with van der Waals surface area (Å²) in [5, 5.41) is 8.44. The summed E-state index contributed by atoms with van der Waals surface area (Å²) in [5.74, 6) is -1.49. The molecule has 1 rings (SSSR count). The first-order chi connectivity index (χ1) is 6.61. The minimum absolute atomic E-state index is 0.0461. The lowest BCUT2D eigenvalue weighted by Crippen LogP contribution is -1.98. The summed E-state index contributed by atoms with van der Waals surface area (Å²) in [6.45, 7) is 0. The Kier molecular flexibility index (Phi) is 3.42. The van der Waals surface area contributed by atoms with Gasteiger partial charge in [0.25, 0.3) is 0 Å². The fourth-order valence-corrected chi connectivity index (χ4v) is 1.39. The molecule has 0 unspecified atom stereocenters. The topological polar surface area (TPSA) is 33.0 Å². The van der Waals surface area contributed by atoms with Gasteiger partial charge in [-0.15, -0.1) is 0 Å². The summed E-state index contributed by atoms with van der Waals surface area (Å²) in [4.78, 5) is 0. The van der Waals surface area contributed by atoms with Gasteiger partial charge in [0.15, 0.2) is 0 Å². The number of nitriles is 1. The van der Waals surface area contributed by atoms with Crippen molar-refractivity contribution in [3.8, 4) is 11.8 Å². The zero-order chi connectivity index (χ0) is 10.7. The van der Waals surface area contributed by atoms with Gasteiger partial charge in [0, 0.05) is 11.6 Å². The van der Waals surface area contributed by atoms with E-state index in [0.717, 1.165) is 6.07 Å². The van der Waals surface area contributed by atoms with E-state index in [4.69, 9.17) is 10.00 Å². The van der Waals surface area contributed by atoms with Gasteiger partial charge in [-0.3, -0.25) is 0 Å². The summed E-state index contributed by atoms with van der Waals surface area (Å²) >= 11 is 2.75. The summed E-state index contributed by atoms with van der Waals surface area (Å²) in [6, 6.07) is 2.82. The molecule has 0 aromatic heterocycles. The number of benzene rings is 1. The summed E-state index contributed by atoms with van der Waals surface area (Å²) in [6.07, 6.45) is -0.159. The van der Waals surface area contributed by atoms with Crippen molar-refractivity contribution in [2.75, 3.05) is 7.11 Å². The molecule has 0 atom stereocenters. The van der Waals surface area contributed by atoms with Gasteiger partial charge in [-0.2, -0.15) is 5.26 Å². The Morgan fingerprint density at radius 1 is 1.57 bits per heavy atom. The minimum atomic E-state index is -0.789. The molecule has 1 aromatic rings. The van der Waals surface area contributed by atoms with Crippen LogP contribution in [0.5, 0.6) is 5.75 Å². The van der Waals surface area contributed by atoms with E-state index in [1.807, 2.05) is 0 Å². The monoisotopic (exact) mass is 261 g/mol. The van der Waals surface area contributed by atoms with Crippen LogP contribution in [0.1, 0.15) is 5.56 Å². The molecule has 2 nitrogen and oxygen atoms in total. The van der Waals surface area contributed by atoms with Crippen molar-refractivity contribution in [2.45, 2.75) is 6.42 Å². The zero-order valence-electron chi connectivity index (χ0n) is 7.27. The van der Waals surface area contributed by atoms with Crippen LogP contribution in [0.25, 0.3) is 0 Å². The van der Waals surface area contributed by atoms with Crippen LogP contribution in [0, 0.1) is 23.0 Å². The van der Waals surface area contributed by atoms with Crippen LogP contribution in [0.2, 0.25) is 0 Å². The number of hydrogen-bond acceptors (Lipinski definition) is 2. The summed E-state index contributed by atoms with van der Waals surface area (Å²) < 4.78 is 30.9. The molecule has 0 aliphatic heterocycles. The van der Waals surface area contributed by atoms with Gasteiger partial charge in [0.2, 0.25) is 0 Å². The quantitative estimate of drug-likeness (QED) is 0.768. The van der Waals surface area contributed by atoms with Gasteiger partial charge >= 0.3 is 0 Å². The van der Waals surface area contributed by atoms with Crippen LogP contribution in [-0.2, 0) is 6.42 Å². The highest BCUT2D eigenvalue weighted by atomic mass is 79.9. The van der Waals surface area contributed by atoms with E-state index < -0.39 is 11.6 Å². The third kappa shape index (κ3) is 1.85. The van der Waals surface area contributed by atoms with Gasteiger partial charge in [-0.1, -0.05) is 0 Å². The Morgan fingerprint density at radius 3 is 2.71 bits per heavy atom. The first-order valence-corrected chi connectivity index (χ1v) is 4.48. The molecule has 0 fully saturated rings. The second-order valence-corrected chi connectivity index (χ2v) is 3.30. The number of nitrogens with zero attached hydrogens (tertiary/aromatic N) is 1. The molecule has 14 heavy (non-hydrogen) atoms. The van der Waals surface area contributed by atoms with Crippen LogP contribution in [0.3, 0.4) is 0 Å². The molecule has 0 N–H and O–H groups in total. The predicted molar refractivity (Wildman–Crippen MR) is 49.9 cm³/mol. The third-order valence-electron chi connectivity index (χ3n) is 1.70. The second-order valence-electron chi connectivity index (χ2n) is 2.50. The van der Waals surface area contributed by atoms with Gasteiger partial charge < -0.3 is 4.74 Å². The molecular formula is C9H6BrF2NO. The predicted octanol–water partition coefficient (Wildman–Crippen LogP) is 2.80. The Bertz CT molecular complexity index is 401. The SMILES string of the molecule is COc1cc(F)c(Br)c(F)c1CC#N. The molecule has 1 aromatic carbocycles. The summed E-state index contributed by atoms with van der Waals surface area (Å²) in [7, 11) is 1.29. The van der Waals surface area contributed by atoms with Crippen LogP contribution in [-0.4, -0.2) is 7.11 Å². The molecule has 5 heteroatoms. The lowest BCUT2D eigenvalue weighted by Gasteiger charge is -2.08. The first-order valence-electron chi connectivity index (χ1n) is 3.69. The van der Waals surface area contributed by atoms with Crippen LogP contribution in [0.4, 0.5) is 8.78 Å². The molecule has 0 spiro atoms. The highest BCUT2D eigenvalue weighted by Gasteiger charge is 2.16. The molecule has 0 saturated heterocycles. The van der Waals surface area contributed by atoms with Crippen molar-refractivity contribution < 1.29 is 13.5 Å². The first kappa shape index (κ1) is 10.9. The molecule has 0 heterocycles. The van der Waals surface area contributed by atoms with Crippen molar-refractivity contribution in [1.82, 2.24) is 0 Å². The van der Waals surface area contributed by atoms with E-state index in [2.05, 4.69) is 15.9 Å². The molecule has 0 saturated carbocycles. The Balaban J connectivity index is 3.38. The second kappa shape index (κ2) is 4.38. The Hall–Kier alpha value is -1.15. The maximum absolute atomic E-state index is 13.4. The molecule has 0 aliphatic carbocycles. The zero-order valence-corrected chi connectivity index (χ0v) is 8.86. The highest BCUT2D eigenvalue weighted by molar-refractivity contribution is 9.10. The third-order valence-corrected chi connectivity index (χ3v) is 2.43. The van der Waals surface area contributed by atoms with Crippen molar-refractivity contribution in [3.05, 3.63) is 27.7 Å². The van der Waals surface area contributed by atoms with Gasteiger partial charge in [-0.25, -0.2) is 8.78 Å². The van der Waals surface area contributed by atoms with Crippen LogP contribution < -0.4 is 4.74 Å². The maximum Gasteiger partial charge on any atom is 0.148 e. The molecule has 0 bridgehead atoms. The van der Waals surface area contributed by atoms with Crippen molar-refractivity contribution >= 4 is 15.9 Å². The fraction of sp³-hybridized carbons (Fsp3) is 0.222. The Morgan fingerprint density at radius 2 is 2.21 bits per heavy atom. The van der Waals surface area contributed by atoms with E-state index in [9.17, 15) is 8.78 Å². The highest BCUT2D eigenvalue weighted by Crippen LogP contribution is 2.30. The molecule has 74 valence electrons. The molecule has 0 radical (unpaired) electrons. The van der Waals surface area contributed by atoms with E-state index in [0.29, 0.717) is 0 Å². The molecular weight excluding hydrogens is 256 g/mol. The average Bonchev–Trinajstić information content (AvgIpc) is 2.19. The summed E-state index contributed by atoms with van der Waals surface area (Å²) in [5.41, 5.74) is 0.0586. The number of hydrogen-bond donors (Lipinski definition) is 0. The molecule has 0 amide bonds. The molecule has 0 aliphatic rings. The standard InChI is InChI=1S/C9H6BrF2NO/c1-14-7-4-6(11)8(10)9(12)5(7)2-3-13/h4H,2H2,1H3. The van der Waals surface area contributed by atoms with Crippen LogP contribution in [0.15, 0.2) is 10.5 Å². The number of halogens is 3. The van der Waals surface area contributed by atoms with E-state index >= 15 is 0 Å². The van der Waals surface area contributed by atoms with Crippen molar-refractivity contribution in [2.24, 2.45) is 0 Å². The number of rotatable bonds is 2. The number of methoxy groups -OCH3 is 1.